The number of thiophene rings is 1. The maximum Gasteiger partial charge on any atom is 0.191 e. The molecule has 19 heavy (non-hydrogen) atoms. The van der Waals surface area contributed by atoms with Crippen molar-refractivity contribution < 1.29 is 4.74 Å². The molecular formula is C14H23N3OS. The van der Waals surface area contributed by atoms with Gasteiger partial charge in [-0.15, -0.1) is 11.3 Å². The van der Waals surface area contributed by atoms with Crippen molar-refractivity contribution >= 4 is 17.3 Å². The summed E-state index contributed by atoms with van der Waals surface area (Å²) >= 11 is 1.80. The van der Waals surface area contributed by atoms with Crippen molar-refractivity contribution in [2.45, 2.75) is 19.8 Å². The summed E-state index contributed by atoms with van der Waals surface area (Å²) in [5.74, 6) is 1.37. The van der Waals surface area contributed by atoms with Gasteiger partial charge in [0.2, 0.25) is 0 Å². The quantitative estimate of drug-likeness (QED) is 0.641. The van der Waals surface area contributed by atoms with Crippen molar-refractivity contribution in [1.29, 1.82) is 0 Å². The predicted molar refractivity (Wildman–Crippen MR) is 81.0 cm³/mol. The highest BCUT2D eigenvalue weighted by Crippen LogP contribution is 2.25. The molecule has 5 heteroatoms. The first-order valence-electron chi connectivity index (χ1n) is 6.69. The SMILES string of the molecule is CN=C(NCC(C)c1cccs1)NCC1(C)COC1. The molecule has 1 aromatic heterocycles. The van der Waals surface area contributed by atoms with Crippen LogP contribution in [0, 0.1) is 5.41 Å². The summed E-state index contributed by atoms with van der Waals surface area (Å²) in [7, 11) is 1.81. The number of aliphatic imine (C=N–C) groups is 1. The second-order valence-corrected chi connectivity index (χ2v) is 6.51. The maximum absolute atomic E-state index is 5.25. The molecule has 1 fully saturated rings. The fourth-order valence-electron chi connectivity index (χ4n) is 1.99. The van der Waals surface area contributed by atoms with E-state index < -0.39 is 0 Å². The molecule has 0 radical (unpaired) electrons. The molecule has 2 rings (SSSR count). The number of hydrogen-bond acceptors (Lipinski definition) is 3. The molecular weight excluding hydrogens is 258 g/mol. The number of nitrogens with one attached hydrogen (secondary N) is 2. The fraction of sp³-hybridized carbons (Fsp3) is 0.643. The first kappa shape index (κ1) is 14.3. The molecule has 1 unspecified atom stereocenters. The second-order valence-electron chi connectivity index (χ2n) is 5.53. The van der Waals surface area contributed by atoms with Gasteiger partial charge in [0, 0.05) is 36.3 Å². The van der Waals surface area contributed by atoms with Crippen LogP contribution >= 0.6 is 11.3 Å². The Balaban J connectivity index is 1.73. The van der Waals surface area contributed by atoms with Crippen molar-refractivity contribution in [3.05, 3.63) is 22.4 Å². The Morgan fingerprint density at radius 3 is 2.84 bits per heavy atom. The van der Waals surface area contributed by atoms with Gasteiger partial charge in [0.15, 0.2) is 5.96 Å². The minimum Gasteiger partial charge on any atom is -0.380 e. The maximum atomic E-state index is 5.25. The normalized spacial score (nSPS) is 19.6. The molecule has 0 spiro atoms. The van der Waals surface area contributed by atoms with Crippen LogP contribution in [-0.4, -0.2) is 39.3 Å². The van der Waals surface area contributed by atoms with Gasteiger partial charge in [-0.05, 0) is 11.4 Å². The number of rotatable bonds is 5. The molecule has 0 saturated carbocycles. The second kappa shape index (κ2) is 6.39. The van der Waals surface area contributed by atoms with Crippen molar-refractivity contribution in [2.75, 3.05) is 33.4 Å². The molecule has 1 aliphatic rings. The highest BCUT2D eigenvalue weighted by atomic mass is 32.1. The minimum absolute atomic E-state index is 0.261. The molecule has 2 heterocycles. The van der Waals surface area contributed by atoms with Gasteiger partial charge < -0.3 is 15.4 Å². The summed E-state index contributed by atoms with van der Waals surface area (Å²) in [6, 6.07) is 4.28. The van der Waals surface area contributed by atoms with Crippen LogP contribution in [0.25, 0.3) is 0 Å². The van der Waals surface area contributed by atoms with Crippen LogP contribution in [0.2, 0.25) is 0 Å². The lowest BCUT2D eigenvalue weighted by Gasteiger charge is -2.38. The standard InChI is InChI=1S/C14H23N3OS/c1-11(12-5-4-6-19-12)7-16-13(15-3)17-8-14(2)9-18-10-14/h4-6,11H,7-10H2,1-3H3,(H2,15,16,17). The van der Waals surface area contributed by atoms with Crippen LogP contribution in [0.1, 0.15) is 24.6 Å². The molecule has 4 nitrogen and oxygen atoms in total. The van der Waals surface area contributed by atoms with Gasteiger partial charge in [-0.1, -0.05) is 19.9 Å². The number of guanidine groups is 1. The third-order valence-electron chi connectivity index (χ3n) is 3.41. The summed E-state index contributed by atoms with van der Waals surface area (Å²) in [5.41, 5.74) is 0.261. The summed E-state index contributed by atoms with van der Waals surface area (Å²) < 4.78 is 5.25. The molecule has 2 N–H and O–H groups in total. The molecule has 0 bridgehead atoms. The summed E-state index contributed by atoms with van der Waals surface area (Å²) in [5, 5.41) is 8.88. The van der Waals surface area contributed by atoms with Gasteiger partial charge in [-0.3, -0.25) is 4.99 Å². The topological polar surface area (TPSA) is 45.7 Å². The first-order valence-corrected chi connectivity index (χ1v) is 7.57. The Kier molecular flexibility index (Phi) is 4.82. The number of nitrogens with zero attached hydrogens (tertiary/aromatic N) is 1. The number of ether oxygens (including phenoxy) is 1. The van der Waals surface area contributed by atoms with E-state index in [0.29, 0.717) is 5.92 Å². The van der Waals surface area contributed by atoms with Crippen LogP contribution in [0.5, 0.6) is 0 Å². The van der Waals surface area contributed by atoms with Crippen molar-refractivity contribution in [2.24, 2.45) is 10.4 Å². The highest BCUT2D eigenvalue weighted by Gasteiger charge is 2.33. The molecule has 0 aliphatic carbocycles. The zero-order chi connectivity index (χ0) is 13.7. The van der Waals surface area contributed by atoms with Gasteiger partial charge in [0.1, 0.15) is 0 Å². The fourth-order valence-corrected chi connectivity index (χ4v) is 2.78. The van der Waals surface area contributed by atoms with Gasteiger partial charge in [-0.2, -0.15) is 0 Å². The lowest BCUT2D eigenvalue weighted by molar-refractivity contribution is -0.0971. The van der Waals surface area contributed by atoms with Gasteiger partial charge >= 0.3 is 0 Å². The highest BCUT2D eigenvalue weighted by molar-refractivity contribution is 7.10. The van der Waals surface area contributed by atoms with E-state index in [1.165, 1.54) is 4.88 Å². The Morgan fingerprint density at radius 1 is 1.53 bits per heavy atom. The van der Waals surface area contributed by atoms with Crippen molar-refractivity contribution in [3.63, 3.8) is 0 Å². The third kappa shape index (κ3) is 3.94. The predicted octanol–water partition coefficient (Wildman–Crippen LogP) is 2.05. The van der Waals surface area contributed by atoms with Gasteiger partial charge in [-0.25, -0.2) is 0 Å². The largest absolute Gasteiger partial charge is 0.380 e. The van der Waals surface area contributed by atoms with E-state index in [1.807, 2.05) is 7.05 Å². The Morgan fingerprint density at radius 2 is 2.32 bits per heavy atom. The molecule has 0 aromatic carbocycles. The lowest BCUT2D eigenvalue weighted by Crippen LogP contribution is -2.51. The zero-order valence-corrected chi connectivity index (χ0v) is 12.7. The van der Waals surface area contributed by atoms with Crippen LogP contribution in [0.4, 0.5) is 0 Å². The monoisotopic (exact) mass is 281 g/mol. The van der Waals surface area contributed by atoms with E-state index in [1.54, 1.807) is 11.3 Å². The summed E-state index contributed by atoms with van der Waals surface area (Å²) in [6.07, 6.45) is 0. The van der Waals surface area contributed by atoms with E-state index in [0.717, 1.165) is 32.3 Å². The van der Waals surface area contributed by atoms with E-state index in [4.69, 9.17) is 4.74 Å². The van der Waals surface area contributed by atoms with Gasteiger partial charge in [0.05, 0.1) is 13.2 Å². The van der Waals surface area contributed by atoms with E-state index in [2.05, 4.69) is 47.0 Å². The Hall–Kier alpha value is -1.07. The zero-order valence-electron chi connectivity index (χ0n) is 11.9. The minimum atomic E-state index is 0.261. The third-order valence-corrected chi connectivity index (χ3v) is 4.52. The van der Waals surface area contributed by atoms with E-state index >= 15 is 0 Å². The molecule has 1 atom stereocenters. The van der Waals surface area contributed by atoms with Crippen LogP contribution in [0.15, 0.2) is 22.5 Å². The Labute approximate surface area is 119 Å². The molecule has 1 aliphatic heterocycles. The molecule has 0 amide bonds. The molecule has 1 saturated heterocycles. The number of hydrogen-bond donors (Lipinski definition) is 2. The average Bonchev–Trinajstić information content (AvgIpc) is 2.90. The van der Waals surface area contributed by atoms with Gasteiger partial charge in [0.25, 0.3) is 0 Å². The molecule has 1 aromatic rings. The van der Waals surface area contributed by atoms with Crippen molar-refractivity contribution in [3.8, 4) is 0 Å². The summed E-state index contributed by atoms with van der Waals surface area (Å²) in [4.78, 5) is 5.66. The van der Waals surface area contributed by atoms with Crippen LogP contribution in [-0.2, 0) is 4.74 Å². The first-order chi connectivity index (χ1) is 9.13. The average molecular weight is 281 g/mol. The van der Waals surface area contributed by atoms with Crippen molar-refractivity contribution in [1.82, 2.24) is 10.6 Å². The Bertz CT molecular complexity index is 412. The van der Waals surface area contributed by atoms with E-state index in [9.17, 15) is 0 Å². The van der Waals surface area contributed by atoms with Crippen LogP contribution < -0.4 is 10.6 Å². The summed E-state index contributed by atoms with van der Waals surface area (Å²) in [6.45, 7) is 7.93. The lowest BCUT2D eigenvalue weighted by atomic mass is 9.89. The molecule has 106 valence electrons. The van der Waals surface area contributed by atoms with Crippen LogP contribution in [0.3, 0.4) is 0 Å². The van der Waals surface area contributed by atoms with E-state index in [-0.39, 0.29) is 5.41 Å². The smallest absolute Gasteiger partial charge is 0.191 e.